The Hall–Kier alpha value is -4.14. The lowest BCUT2D eigenvalue weighted by Crippen LogP contribution is -2.28. The summed E-state index contributed by atoms with van der Waals surface area (Å²) in [4.78, 5) is 38.1. The van der Waals surface area contributed by atoms with Gasteiger partial charge in [0.25, 0.3) is 5.69 Å². The number of non-ortho nitro benzene ring substituents is 1. The Morgan fingerprint density at radius 2 is 1.77 bits per heavy atom. The zero-order chi connectivity index (χ0) is 21.3. The van der Waals surface area contributed by atoms with Gasteiger partial charge in [-0.3, -0.25) is 19.5 Å². The van der Waals surface area contributed by atoms with Crippen LogP contribution in [-0.4, -0.2) is 25.2 Å². The first kappa shape index (κ1) is 19.2. The van der Waals surface area contributed by atoms with Gasteiger partial charge in [0, 0.05) is 18.1 Å². The molecule has 0 saturated carbocycles. The van der Waals surface area contributed by atoms with Crippen molar-refractivity contribution in [2.45, 2.75) is 18.4 Å². The molecule has 0 unspecified atom stereocenters. The molecule has 9 nitrogen and oxygen atoms in total. The number of rotatable bonds is 5. The van der Waals surface area contributed by atoms with Crippen molar-refractivity contribution in [1.82, 2.24) is 9.55 Å². The maximum absolute atomic E-state index is 13.1. The smallest absolute Gasteiger partial charge is 0.358 e. The highest BCUT2D eigenvalue weighted by molar-refractivity contribution is 6.02. The van der Waals surface area contributed by atoms with E-state index in [1.54, 1.807) is 18.2 Å². The van der Waals surface area contributed by atoms with E-state index in [4.69, 9.17) is 0 Å². The van der Waals surface area contributed by atoms with Crippen LogP contribution < -0.4 is 0 Å². The van der Waals surface area contributed by atoms with Crippen molar-refractivity contribution in [2.75, 3.05) is 0 Å². The van der Waals surface area contributed by atoms with Gasteiger partial charge in [-0.1, -0.05) is 42.5 Å². The van der Waals surface area contributed by atoms with Gasteiger partial charge in [0.2, 0.25) is 6.33 Å². The fourth-order valence-corrected chi connectivity index (χ4v) is 3.81. The number of ketones is 1. The first-order chi connectivity index (χ1) is 14.4. The summed E-state index contributed by atoms with van der Waals surface area (Å²) in [7, 11) is 0. The predicted molar refractivity (Wildman–Crippen MR) is 108 cm³/mol. The minimum atomic E-state index is -0.791. The fourth-order valence-electron chi connectivity index (χ4n) is 3.81. The van der Waals surface area contributed by atoms with Gasteiger partial charge in [-0.15, -0.1) is 0 Å². The number of nitro benzene ring substituents is 1. The van der Waals surface area contributed by atoms with Crippen molar-refractivity contribution >= 4 is 22.9 Å². The predicted octanol–water partition coefficient (Wildman–Crippen LogP) is 4.08. The minimum Gasteiger partial charge on any atom is -0.358 e. The van der Waals surface area contributed by atoms with Crippen LogP contribution in [0, 0.1) is 20.2 Å². The van der Waals surface area contributed by atoms with Crippen LogP contribution in [0.25, 0.3) is 5.57 Å². The van der Waals surface area contributed by atoms with Crippen LogP contribution in [0.4, 0.5) is 11.5 Å². The van der Waals surface area contributed by atoms with E-state index >= 15 is 0 Å². The van der Waals surface area contributed by atoms with Crippen LogP contribution in [0.3, 0.4) is 0 Å². The van der Waals surface area contributed by atoms with Gasteiger partial charge in [-0.25, -0.2) is 0 Å². The Morgan fingerprint density at radius 3 is 2.43 bits per heavy atom. The summed E-state index contributed by atoms with van der Waals surface area (Å²) < 4.78 is 1.42. The zero-order valence-electron chi connectivity index (χ0n) is 15.6. The van der Waals surface area contributed by atoms with Crippen LogP contribution in [0.2, 0.25) is 0 Å². The number of carbonyl (C=O) groups is 1. The molecule has 0 bridgehead atoms. The van der Waals surface area contributed by atoms with Gasteiger partial charge in [0.15, 0.2) is 5.78 Å². The first-order valence-electron chi connectivity index (χ1n) is 9.16. The van der Waals surface area contributed by atoms with Crippen molar-refractivity contribution in [3.05, 3.63) is 105 Å². The fraction of sp³-hybridized carbons (Fsp3) is 0.143. The van der Waals surface area contributed by atoms with Gasteiger partial charge < -0.3 is 10.1 Å². The Bertz CT molecular complexity index is 1170. The van der Waals surface area contributed by atoms with E-state index in [0.717, 1.165) is 11.1 Å². The maximum atomic E-state index is 13.1. The summed E-state index contributed by atoms with van der Waals surface area (Å²) in [5.74, 6) is -1.06. The Kier molecular flexibility index (Phi) is 4.93. The van der Waals surface area contributed by atoms with E-state index in [1.165, 1.54) is 29.2 Å². The number of hydrogen-bond donors (Lipinski definition) is 0. The molecular formula is C21H16N4O5. The third kappa shape index (κ3) is 3.60. The summed E-state index contributed by atoms with van der Waals surface area (Å²) in [6.07, 6.45) is 4.45. The number of imidazole rings is 1. The van der Waals surface area contributed by atoms with Crippen LogP contribution >= 0.6 is 0 Å². The van der Waals surface area contributed by atoms with Crippen molar-refractivity contribution in [3.8, 4) is 0 Å². The number of nitrogens with zero attached hydrogens (tertiary/aromatic N) is 4. The summed E-state index contributed by atoms with van der Waals surface area (Å²) in [5.41, 5.74) is 2.23. The Labute approximate surface area is 170 Å². The zero-order valence-corrected chi connectivity index (χ0v) is 15.6. The number of aromatic nitrogens is 2. The van der Waals surface area contributed by atoms with Gasteiger partial charge in [0.05, 0.1) is 4.92 Å². The molecule has 1 aliphatic rings. The highest BCUT2D eigenvalue weighted by Gasteiger charge is 2.36. The first-order valence-corrected chi connectivity index (χ1v) is 9.16. The van der Waals surface area contributed by atoms with E-state index < -0.39 is 21.8 Å². The second-order valence-electron chi connectivity index (χ2n) is 6.98. The van der Waals surface area contributed by atoms with E-state index in [9.17, 15) is 25.0 Å². The van der Waals surface area contributed by atoms with Crippen LogP contribution in [0.1, 0.15) is 29.5 Å². The summed E-state index contributed by atoms with van der Waals surface area (Å²) in [6.45, 7) is 0. The lowest BCUT2D eigenvalue weighted by atomic mass is 9.77. The molecule has 0 saturated heterocycles. The van der Waals surface area contributed by atoms with Gasteiger partial charge in [0.1, 0.15) is 12.2 Å². The van der Waals surface area contributed by atoms with Crippen molar-refractivity contribution in [2.24, 2.45) is 0 Å². The van der Waals surface area contributed by atoms with Crippen molar-refractivity contribution in [1.29, 1.82) is 0 Å². The molecule has 2 aromatic carbocycles. The number of allylic oxidation sites excluding steroid dienone is 2. The van der Waals surface area contributed by atoms with E-state index in [1.807, 2.05) is 30.3 Å². The number of carbonyl (C=O) groups excluding carboxylic acids is 1. The molecule has 9 heteroatoms. The van der Waals surface area contributed by atoms with E-state index in [2.05, 4.69) is 4.98 Å². The molecule has 0 fully saturated rings. The van der Waals surface area contributed by atoms with Gasteiger partial charge in [-0.2, -0.15) is 0 Å². The minimum absolute atomic E-state index is 0.0777. The molecule has 4 rings (SSSR count). The van der Waals surface area contributed by atoms with Crippen LogP contribution in [0.15, 0.2) is 73.2 Å². The average Bonchev–Trinajstić information content (AvgIpc) is 3.24. The Balaban J connectivity index is 1.82. The quantitative estimate of drug-likeness (QED) is 0.466. The molecule has 0 spiro atoms. The molecule has 0 amide bonds. The highest BCUT2D eigenvalue weighted by Crippen LogP contribution is 2.43. The molecule has 1 aromatic heterocycles. The molecule has 0 aliphatic heterocycles. The lowest BCUT2D eigenvalue weighted by molar-refractivity contribution is -0.389. The summed E-state index contributed by atoms with van der Waals surface area (Å²) >= 11 is 0. The van der Waals surface area contributed by atoms with Crippen molar-refractivity contribution < 1.29 is 14.6 Å². The molecule has 0 radical (unpaired) electrons. The number of nitro groups is 2. The molecule has 3 aromatic rings. The van der Waals surface area contributed by atoms with Gasteiger partial charge in [-0.05, 0) is 39.1 Å². The maximum Gasteiger partial charge on any atom is 0.381 e. The third-order valence-electron chi connectivity index (χ3n) is 5.18. The number of benzene rings is 2. The molecule has 1 aliphatic carbocycles. The molecule has 30 heavy (non-hydrogen) atoms. The SMILES string of the molecule is O=C1C=C(c2ccccc2)C[C@@H](c2cccc([N+](=O)[O-])c2)[C@H]1n1cnc([N+](=O)[O-])c1. The molecule has 0 N–H and O–H groups in total. The number of hydrogen-bond acceptors (Lipinski definition) is 6. The monoisotopic (exact) mass is 404 g/mol. The molecule has 1 heterocycles. The second kappa shape index (κ2) is 7.70. The van der Waals surface area contributed by atoms with Crippen LogP contribution in [0.5, 0.6) is 0 Å². The summed E-state index contributed by atoms with van der Waals surface area (Å²) in [6, 6.07) is 14.8. The van der Waals surface area contributed by atoms with Crippen LogP contribution in [-0.2, 0) is 4.79 Å². The third-order valence-corrected chi connectivity index (χ3v) is 5.18. The molecular weight excluding hydrogens is 388 g/mol. The average molecular weight is 404 g/mol. The topological polar surface area (TPSA) is 121 Å². The molecule has 150 valence electrons. The normalized spacial score (nSPS) is 18.7. The van der Waals surface area contributed by atoms with E-state index in [-0.39, 0.29) is 17.3 Å². The largest absolute Gasteiger partial charge is 0.381 e. The highest BCUT2D eigenvalue weighted by atomic mass is 16.6. The standard InChI is InChI=1S/C21H16N4O5/c26-19-11-16(14-5-2-1-3-6-14)10-18(15-7-4-8-17(9-15)24(27)28)21(19)23-12-20(22-13-23)25(29)30/h1-9,11-13,18,21H,10H2/t18-,21+/m0/s1. The van der Waals surface area contributed by atoms with Gasteiger partial charge >= 0.3 is 5.82 Å². The van der Waals surface area contributed by atoms with Crippen molar-refractivity contribution in [3.63, 3.8) is 0 Å². The van der Waals surface area contributed by atoms with E-state index in [0.29, 0.717) is 12.0 Å². The molecule has 2 atom stereocenters. The summed E-state index contributed by atoms with van der Waals surface area (Å²) in [5, 5.41) is 22.3. The Morgan fingerprint density at radius 1 is 1.00 bits per heavy atom. The lowest BCUT2D eigenvalue weighted by Gasteiger charge is -2.31. The second-order valence-corrected chi connectivity index (χ2v) is 6.98.